The molecule has 0 spiro atoms. The molecule has 2 N–H and O–H groups in total. The van der Waals surface area contributed by atoms with E-state index in [0.29, 0.717) is 6.04 Å². The van der Waals surface area contributed by atoms with Gasteiger partial charge in [-0.2, -0.15) is 0 Å². The molecule has 0 radical (unpaired) electrons. The van der Waals surface area contributed by atoms with Crippen LogP contribution in [0.1, 0.15) is 19.8 Å². The minimum Gasteiger partial charge on any atom is -0.390 e. The lowest BCUT2D eigenvalue weighted by Gasteiger charge is -2.13. The van der Waals surface area contributed by atoms with Gasteiger partial charge in [-0.05, 0) is 26.3 Å². The van der Waals surface area contributed by atoms with Crippen LogP contribution in [-0.4, -0.2) is 19.6 Å². The Kier molecular flexibility index (Phi) is 2.75. The minimum atomic E-state index is 0.593. The summed E-state index contributed by atoms with van der Waals surface area (Å²) in [4.78, 5) is 0. The molecule has 58 valence electrons. The lowest BCUT2D eigenvalue weighted by Crippen LogP contribution is -2.29. The molecule has 2 nitrogen and oxygen atoms in total. The molecule has 0 saturated carbocycles. The molecule has 0 aliphatic carbocycles. The van der Waals surface area contributed by atoms with Crippen LogP contribution in [0.5, 0.6) is 0 Å². The number of nitrogens with one attached hydrogen (secondary N) is 2. The molecule has 1 unspecified atom stereocenters. The molecule has 1 aliphatic rings. The smallest absolute Gasteiger partial charge is 0.0466 e. The normalized spacial score (nSPS) is 27.0. The summed E-state index contributed by atoms with van der Waals surface area (Å²) in [6.07, 6.45) is 4.73. The van der Waals surface area contributed by atoms with Gasteiger partial charge in [0.25, 0.3) is 0 Å². The van der Waals surface area contributed by atoms with Crippen molar-refractivity contribution in [2.75, 3.05) is 13.6 Å². The Hall–Kier alpha value is -0.500. The molecule has 0 bridgehead atoms. The fraction of sp³-hybridized carbons (Fsp3) is 0.750. The van der Waals surface area contributed by atoms with Gasteiger partial charge in [0.05, 0.1) is 0 Å². The first-order chi connectivity index (χ1) is 4.88. The summed E-state index contributed by atoms with van der Waals surface area (Å²) in [5.41, 5.74) is 1.33. The van der Waals surface area contributed by atoms with Gasteiger partial charge in [0.15, 0.2) is 0 Å². The van der Waals surface area contributed by atoms with Crippen molar-refractivity contribution < 1.29 is 0 Å². The van der Waals surface area contributed by atoms with Gasteiger partial charge < -0.3 is 10.6 Å². The van der Waals surface area contributed by atoms with Crippen molar-refractivity contribution in [1.82, 2.24) is 10.6 Å². The predicted octanol–water partition coefficient (Wildman–Crippen LogP) is 0.862. The molecule has 0 aromatic rings. The molecule has 2 heteroatoms. The van der Waals surface area contributed by atoms with E-state index in [2.05, 4.69) is 23.6 Å². The topological polar surface area (TPSA) is 24.1 Å². The molecule has 1 rings (SSSR count). The average molecular weight is 140 g/mol. The first-order valence-electron chi connectivity index (χ1n) is 3.96. The molecule has 1 saturated heterocycles. The van der Waals surface area contributed by atoms with Crippen LogP contribution in [0.25, 0.3) is 0 Å². The van der Waals surface area contributed by atoms with Crippen molar-refractivity contribution in [3.8, 4) is 0 Å². The zero-order valence-electron chi connectivity index (χ0n) is 6.78. The summed E-state index contributed by atoms with van der Waals surface area (Å²) in [5.74, 6) is 0. The number of likely N-dealkylation sites (N-methyl/N-ethyl adjacent to an activating group) is 1. The van der Waals surface area contributed by atoms with Gasteiger partial charge in [0.2, 0.25) is 0 Å². The molecule has 10 heavy (non-hydrogen) atoms. The Morgan fingerprint density at radius 1 is 1.70 bits per heavy atom. The van der Waals surface area contributed by atoms with Gasteiger partial charge in [-0.1, -0.05) is 6.08 Å². The summed E-state index contributed by atoms with van der Waals surface area (Å²) < 4.78 is 0. The van der Waals surface area contributed by atoms with Crippen LogP contribution < -0.4 is 10.6 Å². The predicted molar refractivity (Wildman–Crippen MR) is 43.8 cm³/mol. The van der Waals surface area contributed by atoms with Crippen LogP contribution in [0, 0.1) is 0 Å². The zero-order chi connectivity index (χ0) is 7.40. The molecule has 1 aliphatic heterocycles. The maximum atomic E-state index is 3.43. The Balaban J connectivity index is 2.45. The van der Waals surface area contributed by atoms with Crippen LogP contribution in [0.2, 0.25) is 0 Å². The molecular weight excluding hydrogens is 124 g/mol. The Bertz CT molecular complexity index is 123. The van der Waals surface area contributed by atoms with E-state index in [1.165, 1.54) is 25.1 Å². The molecule has 1 heterocycles. The molecular formula is C8H16N2. The van der Waals surface area contributed by atoms with Gasteiger partial charge in [-0.15, -0.1) is 0 Å². The van der Waals surface area contributed by atoms with Gasteiger partial charge in [0, 0.05) is 18.8 Å². The SMILES string of the molecule is CC=C(NC)C1CCCN1. The van der Waals surface area contributed by atoms with Crippen molar-refractivity contribution >= 4 is 0 Å². The van der Waals surface area contributed by atoms with Gasteiger partial charge >= 0.3 is 0 Å². The van der Waals surface area contributed by atoms with Crippen LogP contribution >= 0.6 is 0 Å². The van der Waals surface area contributed by atoms with Crippen molar-refractivity contribution in [3.05, 3.63) is 11.8 Å². The third-order valence-electron chi connectivity index (χ3n) is 2.04. The Morgan fingerprint density at radius 2 is 2.50 bits per heavy atom. The zero-order valence-corrected chi connectivity index (χ0v) is 6.78. The summed E-state index contributed by atoms with van der Waals surface area (Å²) in [6.45, 7) is 3.25. The van der Waals surface area contributed by atoms with E-state index < -0.39 is 0 Å². The maximum Gasteiger partial charge on any atom is 0.0466 e. The van der Waals surface area contributed by atoms with Crippen LogP contribution in [-0.2, 0) is 0 Å². The second-order valence-electron chi connectivity index (χ2n) is 2.64. The highest BCUT2D eigenvalue weighted by Gasteiger charge is 2.16. The molecule has 0 aromatic heterocycles. The average Bonchev–Trinajstić information content (AvgIpc) is 2.43. The summed E-state index contributed by atoms with van der Waals surface area (Å²) in [5, 5.41) is 6.62. The summed E-state index contributed by atoms with van der Waals surface area (Å²) in [6, 6.07) is 0.593. The second kappa shape index (κ2) is 3.62. The van der Waals surface area contributed by atoms with Gasteiger partial charge in [-0.3, -0.25) is 0 Å². The number of rotatable bonds is 2. The van der Waals surface area contributed by atoms with Crippen molar-refractivity contribution in [2.45, 2.75) is 25.8 Å². The van der Waals surface area contributed by atoms with E-state index >= 15 is 0 Å². The quantitative estimate of drug-likeness (QED) is 0.594. The second-order valence-corrected chi connectivity index (χ2v) is 2.64. The first-order valence-corrected chi connectivity index (χ1v) is 3.96. The van der Waals surface area contributed by atoms with E-state index in [9.17, 15) is 0 Å². The molecule has 1 fully saturated rings. The third kappa shape index (κ3) is 1.51. The van der Waals surface area contributed by atoms with E-state index in [1.807, 2.05) is 7.05 Å². The number of hydrogen-bond acceptors (Lipinski definition) is 2. The maximum absolute atomic E-state index is 3.43. The Morgan fingerprint density at radius 3 is 2.90 bits per heavy atom. The van der Waals surface area contributed by atoms with Crippen LogP contribution in [0.3, 0.4) is 0 Å². The van der Waals surface area contributed by atoms with E-state index in [1.54, 1.807) is 0 Å². The lowest BCUT2D eigenvalue weighted by atomic mass is 10.1. The van der Waals surface area contributed by atoms with E-state index in [4.69, 9.17) is 0 Å². The fourth-order valence-corrected chi connectivity index (χ4v) is 1.47. The van der Waals surface area contributed by atoms with E-state index in [-0.39, 0.29) is 0 Å². The fourth-order valence-electron chi connectivity index (χ4n) is 1.47. The third-order valence-corrected chi connectivity index (χ3v) is 2.04. The lowest BCUT2D eigenvalue weighted by molar-refractivity contribution is 0.646. The van der Waals surface area contributed by atoms with Crippen molar-refractivity contribution in [1.29, 1.82) is 0 Å². The standard InChI is InChI=1S/C8H16N2/c1-3-7(9-2)8-5-4-6-10-8/h3,8-10H,4-6H2,1-2H3. The summed E-state index contributed by atoms with van der Waals surface area (Å²) in [7, 11) is 1.98. The largest absolute Gasteiger partial charge is 0.390 e. The van der Waals surface area contributed by atoms with Crippen LogP contribution in [0.4, 0.5) is 0 Å². The summed E-state index contributed by atoms with van der Waals surface area (Å²) >= 11 is 0. The highest BCUT2D eigenvalue weighted by Crippen LogP contribution is 2.10. The van der Waals surface area contributed by atoms with Crippen molar-refractivity contribution in [3.63, 3.8) is 0 Å². The van der Waals surface area contributed by atoms with E-state index in [0.717, 1.165) is 0 Å². The van der Waals surface area contributed by atoms with Crippen molar-refractivity contribution in [2.24, 2.45) is 0 Å². The van der Waals surface area contributed by atoms with Gasteiger partial charge in [0.1, 0.15) is 0 Å². The van der Waals surface area contributed by atoms with Gasteiger partial charge in [-0.25, -0.2) is 0 Å². The number of allylic oxidation sites excluding steroid dienone is 1. The highest BCUT2D eigenvalue weighted by atomic mass is 15.0. The first kappa shape index (κ1) is 7.61. The highest BCUT2D eigenvalue weighted by molar-refractivity contribution is 5.08. The Labute approximate surface area is 62.7 Å². The molecule has 0 aromatic carbocycles. The molecule has 0 amide bonds. The van der Waals surface area contributed by atoms with Crippen LogP contribution in [0.15, 0.2) is 11.8 Å². The monoisotopic (exact) mass is 140 g/mol. The molecule has 1 atom stereocenters. The minimum absolute atomic E-state index is 0.593. The number of hydrogen-bond donors (Lipinski definition) is 2.